The van der Waals surface area contributed by atoms with Gasteiger partial charge in [-0.25, -0.2) is 0 Å². The summed E-state index contributed by atoms with van der Waals surface area (Å²) in [6.07, 6.45) is 0.312. The molecular weight excluding hydrogens is 392 g/mol. The molecule has 0 unspecified atom stereocenters. The van der Waals surface area contributed by atoms with Crippen molar-refractivity contribution < 1.29 is 24.1 Å². The van der Waals surface area contributed by atoms with Gasteiger partial charge in [0.05, 0.1) is 37.0 Å². The smallest absolute Gasteiger partial charge is 0.187 e. The van der Waals surface area contributed by atoms with Crippen LogP contribution in [0.1, 0.15) is 54.4 Å². The van der Waals surface area contributed by atoms with Crippen LogP contribution in [0.2, 0.25) is 0 Å². The standard InChI is InChI=1S/C11H19N3O3.C8H15N3O2/c1-5-6(2)8-7(13-14-12)9-10(15-8)17-11(3,4)16-9;1-3-5(2)8-7(10-11-9)6(12)4-13-8/h6-10H,5H2,1-4H3;5-8,12H,3-4H2,1-2H3/t6-,7-,8+,9+,10+;5-,6-,7+,8+/m00/s1. The van der Waals surface area contributed by atoms with Gasteiger partial charge in [-0.15, -0.1) is 0 Å². The molecule has 11 nitrogen and oxygen atoms in total. The van der Waals surface area contributed by atoms with E-state index < -0.39 is 24.2 Å². The van der Waals surface area contributed by atoms with Gasteiger partial charge in [-0.1, -0.05) is 50.8 Å². The Morgan fingerprint density at radius 3 is 2.13 bits per heavy atom. The van der Waals surface area contributed by atoms with Gasteiger partial charge < -0.3 is 24.1 Å². The van der Waals surface area contributed by atoms with Crippen molar-refractivity contribution in [1.82, 2.24) is 0 Å². The summed E-state index contributed by atoms with van der Waals surface area (Å²) in [5.41, 5.74) is 17.0. The van der Waals surface area contributed by atoms with Crippen LogP contribution in [-0.4, -0.2) is 60.3 Å². The molecule has 3 fully saturated rings. The fraction of sp³-hybridized carbons (Fsp3) is 1.00. The van der Waals surface area contributed by atoms with Gasteiger partial charge in [0.25, 0.3) is 0 Å². The summed E-state index contributed by atoms with van der Waals surface area (Å²) in [5, 5.41) is 16.8. The topological polar surface area (TPSA) is 155 Å². The molecule has 3 heterocycles. The number of azide groups is 2. The molecule has 0 aromatic heterocycles. The Hall–Kier alpha value is -1.58. The molecule has 170 valence electrons. The summed E-state index contributed by atoms with van der Waals surface area (Å²) in [5.74, 6) is -0.0435. The van der Waals surface area contributed by atoms with Crippen molar-refractivity contribution in [3.05, 3.63) is 20.9 Å². The largest absolute Gasteiger partial charge is 0.390 e. The van der Waals surface area contributed by atoms with Crippen molar-refractivity contribution in [3.63, 3.8) is 0 Å². The maximum atomic E-state index is 9.45. The van der Waals surface area contributed by atoms with Crippen molar-refractivity contribution in [1.29, 1.82) is 0 Å². The van der Waals surface area contributed by atoms with Gasteiger partial charge in [0.15, 0.2) is 12.1 Å². The van der Waals surface area contributed by atoms with Crippen LogP contribution >= 0.6 is 0 Å². The summed E-state index contributed by atoms with van der Waals surface area (Å²) in [4.78, 5) is 5.62. The third-order valence-electron chi connectivity index (χ3n) is 6.02. The minimum atomic E-state index is -0.668. The van der Waals surface area contributed by atoms with E-state index in [9.17, 15) is 5.11 Å². The lowest BCUT2D eigenvalue weighted by molar-refractivity contribution is -0.210. The second-order valence-corrected chi connectivity index (χ2v) is 8.60. The third-order valence-corrected chi connectivity index (χ3v) is 6.02. The average molecular weight is 427 g/mol. The first-order valence-corrected chi connectivity index (χ1v) is 10.6. The highest BCUT2D eigenvalue weighted by atomic mass is 16.8. The summed E-state index contributed by atoms with van der Waals surface area (Å²) in [6, 6.07) is -0.721. The first kappa shape index (κ1) is 24.7. The number of nitrogens with zero attached hydrogens (tertiary/aromatic N) is 6. The molecule has 1 N–H and O–H groups in total. The van der Waals surface area contributed by atoms with Crippen LogP contribution in [0.5, 0.6) is 0 Å². The van der Waals surface area contributed by atoms with Gasteiger partial charge in [0.2, 0.25) is 0 Å². The zero-order valence-corrected chi connectivity index (χ0v) is 18.6. The lowest BCUT2D eigenvalue weighted by Gasteiger charge is -2.26. The molecule has 0 spiro atoms. The Kier molecular flexibility index (Phi) is 8.75. The highest BCUT2D eigenvalue weighted by molar-refractivity contribution is 4.99. The summed E-state index contributed by atoms with van der Waals surface area (Å²) in [7, 11) is 0. The highest BCUT2D eigenvalue weighted by Crippen LogP contribution is 2.41. The maximum absolute atomic E-state index is 9.45. The van der Waals surface area contributed by atoms with E-state index in [4.69, 9.17) is 30.0 Å². The lowest BCUT2D eigenvalue weighted by Crippen LogP contribution is -2.36. The van der Waals surface area contributed by atoms with Crippen molar-refractivity contribution in [3.8, 4) is 0 Å². The molecule has 0 aromatic rings. The molecule has 11 heteroatoms. The van der Waals surface area contributed by atoms with Crippen LogP contribution < -0.4 is 0 Å². The Labute approximate surface area is 177 Å². The van der Waals surface area contributed by atoms with E-state index in [2.05, 4.69) is 33.9 Å². The first-order valence-electron chi connectivity index (χ1n) is 10.6. The molecule has 3 rings (SSSR count). The summed E-state index contributed by atoms with van der Waals surface area (Å²) >= 11 is 0. The zero-order chi connectivity index (χ0) is 22.5. The molecule has 9 atom stereocenters. The molecule has 0 bridgehead atoms. The van der Waals surface area contributed by atoms with E-state index in [1.165, 1.54) is 0 Å². The SMILES string of the molecule is CC[C@H](C)[C@H]1OC[C@H](O)[C@H]1N=[N+]=[N-].CC[C@H](C)[C@H]1O[C@@H]2OC(C)(C)O[C@@H]2[C@H]1N=[N+]=[N-]. The predicted molar refractivity (Wildman–Crippen MR) is 109 cm³/mol. The lowest BCUT2D eigenvalue weighted by atomic mass is 9.95. The molecule has 0 aliphatic carbocycles. The monoisotopic (exact) mass is 426 g/mol. The van der Waals surface area contributed by atoms with Crippen LogP contribution in [-0.2, 0) is 18.9 Å². The number of rotatable bonds is 6. The molecule has 0 amide bonds. The molecule has 3 saturated heterocycles. The molecule has 30 heavy (non-hydrogen) atoms. The Balaban J connectivity index is 0.000000222. The van der Waals surface area contributed by atoms with E-state index >= 15 is 0 Å². The normalized spacial score (nSPS) is 38.4. The van der Waals surface area contributed by atoms with Gasteiger partial charge >= 0.3 is 0 Å². The number of hydrogen-bond donors (Lipinski definition) is 1. The average Bonchev–Trinajstić information content (AvgIpc) is 3.33. The third kappa shape index (κ3) is 5.56. The van der Waals surface area contributed by atoms with E-state index in [-0.39, 0.29) is 31.0 Å². The fourth-order valence-electron chi connectivity index (χ4n) is 3.97. The second-order valence-electron chi connectivity index (χ2n) is 8.60. The van der Waals surface area contributed by atoms with Crippen molar-refractivity contribution in [2.45, 2.75) is 103 Å². The minimum absolute atomic E-state index is 0.123. The van der Waals surface area contributed by atoms with E-state index in [0.29, 0.717) is 11.8 Å². The van der Waals surface area contributed by atoms with E-state index in [0.717, 1.165) is 12.8 Å². The molecule has 0 saturated carbocycles. The number of ether oxygens (including phenoxy) is 4. The Morgan fingerprint density at radius 2 is 1.57 bits per heavy atom. The molecular formula is C19H34N6O5. The van der Waals surface area contributed by atoms with Gasteiger partial charge in [0, 0.05) is 9.82 Å². The van der Waals surface area contributed by atoms with Crippen LogP contribution in [0, 0.1) is 11.8 Å². The van der Waals surface area contributed by atoms with Crippen molar-refractivity contribution in [2.24, 2.45) is 22.1 Å². The number of fused-ring (bicyclic) bond motifs is 1. The number of aliphatic hydroxyl groups is 1. The van der Waals surface area contributed by atoms with Crippen molar-refractivity contribution >= 4 is 0 Å². The fourth-order valence-corrected chi connectivity index (χ4v) is 3.97. The molecule has 0 aromatic carbocycles. The van der Waals surface area contributed by atoms with E-state index in [1.54, 1.807) is 0 Å². The van der Waals surface area contributed by atoms with Gasteiger partial charge in [-0.2, -0.15) is 0 Å². The first-order chi connectivity index (χ1) is 14.2. The maximum Gasteiger partial charge on any atom is 0.187 e. The number of aliphatic hydroxyl groups excluding tert-OH is 1. The van der Waals surface area contributed by atoms with Crippen LogP contribution in [0.3, 0.4) is 0 Å². The zero-order valence-electron chi connectivity index (χ0n) is 18.6. The highest BCUT2D eigenvalue weighted by Gasteiger charge is 2.55. The molecule has 0 radical (unpaired) electrons. The number of hydrogen-bond acceptors (Lipinski definition) is 7. The Morgan fingerprint density at radius 1 is 1.00 bits per heavy atom. The van der Waals surface area contributed by atoms with E-state index in [1.807, 2.05) is 27.7 Å². The van der Waals surface area contributed by atoms with Crippen LogP contribution in [0.25, 0.3) is 20.9 Å². The minimum Gasteiger partial charge on any atom is -0.390 e. The second kappa shape index (κ2) is 10.6. The van der Waals surface area contributed by atoms with Crippen LogP contribution in [0.15, 0.2) is 10.2 Å². The predicted octanol–water partition coefficient (Wildman–Crippen LogP) is 4.06. The summed E-state index contributed by atoms with van der Waals surface area (Å²) < 4.78 is 22.6. The Bertz CT molecular complexity index is 666. The molecule has 3 aliphatic heterocycles. The summed E-state index contributed by atoms with van der Waals surface area (Å²) in [6.45, 7) is 12.2. The van der Waals surface area contributed by atoms with Gasteiger partial charge in [-0.3, -0.25) is 0 Å². The van der Waals surface area contributed by atoms with Gasteiger partial charge in [-0.05, 0) is 36.7 Å². The molecule has 3 aliphatic rings. The quantitative estimate of drug-likeness (QED) is 0.385. The van der Waals surface area contributed by atoms with Crippen LogP contribution in [0.4, 0.5) is 0 Å². The van der Waals surface area contributed by atoms with Crippen molar-refractivity contribution in [2.75, 3.05) is 6.61 Å². The van der Waals surface area contributed by atoms with Gasteiger partial charge in [0.1, 0.15) is 6.10 Å².